The second-order valence-electron chi connectivity index (χ2n) is 6.16. The minimum absolute atomic E-state index is 0.178. The Balaban J connectivity index is 2.47. The fourth-order valence-corrected chi connectivity index (χ4v) is 3.03. The van der Waals surface area contributed by atoms with Crippen LogP contribution >= 0.6 is 0 Å². The lowest BCUT2D eigenvalue weighted by molar-refractivity contribution is 0.136. The molecular formula is C22H26N2O3. The Morgan fingerprint density at radius 3 is 2.04 bits per heavy atom. The molecule has 0 radical (unpaired) electrons. The summed E-state index contributed by atoms with van der Waals surface area (Å²) in [4.78, 5) is 26.5. The van der Waals surface area contributed by atoms with Crippen LogP contribution in [0.15, 0.2) is 73.3 Å². The molecule has 2 aromatic rings. The van der Waals surface area contributed by atoms with Gasteiger partial charge in [-0.3, -0.25) is 0 Å². The van der Waals surface area contributed by atoms with Gasteiger partial charge in [-0.15, -0.1) is 6.58 Å². The third-order valence-electron chi connectivity index (χ3n) is 4.21. The van der Waals surface area contributed by atoms with Crippen LogP contribution < -0.4 is 5.32 Å². The number of urea groups is 1. The molecule has 0 aromatic heterocycles. The van der Waals surface area contributed by atoms with Crippen molar-refractivity contribution in [1.82, 2.24) is 10.2 Å². The van der Waals surface area contributed by atoms with Gasteiger partial charge in [0.05, 0.1) is 12.6 Å². The summed E-state index contributed by atoms with van der Waals surface area (Å²) < 4.78 is 4.88. The smallest absolute Gasteiger partial charge is 0.415 e. The molecular weight excluding hydrogens is 340 g/mol. The average molecular weight is 366 g/mol. The van der Waals surface area contributed by atoms with E-state index in [1.54, 1.807) is 17.9 Å². The van der Waals surface area contributed by atoms with Crippen LogP contribution in [0.3, 0.4) is 0 Å². The van der Waals surface area contributed by atoms with E-state index < -0.39 is 12.1 Å². The molecule has 0 fully saturated rings. The van der Waals surface area contributed by atoms with E-state index in [2.05, 4.69) is 11.9 Å². The lowest BCUT2D eigenvalue weighted by Gasteiger charge is -2.36. The van der Waals surface area contributed by atoms with Gasteiger partial charge in [-0.25, -0.2) is 14.9 Å². The number of hydrogen-bond acceptors (Lipinski definition) is 3. The number of amides is 3. The Kier molecular flexibility index (Phi) is 7.62. The average Bonchev–Trinajstić information content (AvgIpc) is 2.67. The minimum atomic E-state index is -0.752. The predicted octanol–water partition coefficient (Wildman–Crippen LogP) is 4.91. The molecule has 0 saturated heterocycles. The van der Waals surface area contributed by atoms with Crippen LogP contribution in [-0.4, -0.2) is 29.7 Å². The predicted molar refractivity (Wildman–Crippen MR) is 106 cm³/mol. The summed E-state index contributed by atoms with van der Waals surface area (Å²) in [6.07, 6.45) is 1.60. The van der Waals surface area contributed by atoms with Gasteiger partial charge in [-0.2, -0.15) is 0 Å². The Hall–Kier alpha value is -3.08. The van der Waals surface area contributed by atoms with Gasteiger partial charge in [0, 0.05) is 6.04 Å². The molecule has 5 heteroatoms. The molecule has 27 heavy (non-hydrogen) atoms. The van der Waals surface area contributed by atoms with Crippen LogP contribution in [-0.2, 0) is 4.74 Å². The van der Waals surface area contributed by atoms with E-state index in [1.165, 1.54) is 0 Å². The van der Waals surface area contributed by atoms with Gasteiger partial charge < -0.3 is 9.64 Å². The highest BCUT2D eigenvalue weighted by atomic mass is 16.5. The van der Waals surface area contributed by atoms with E-state index in [0.29, 0.717) is 6.42 Å². The molecule has 1 atom stereocenters. The second kappa shape index (κ2) is 10.2. The number of carbonyl (C=O) groups excluding carboxylic acids is 2. The van der Waals surface area contributed by atoms with Crippen molar-refractivity contribution in [3.05, 3.63) is 84.4 Å². The summed E-state index contributed by atoms with van der Waals surface area (Å²) in [5.41, 5.74) is 1.91. The highest BCUT2D eigenvalue weighted by Crippen LogP contribution is 2.31. The standard InChI is InChI=1S/C22H26N2O3/c1-4-12-17(3)24(21(25)23-22(26)27-5-2)20(18-13-8-6-9-14-18)19-15-10-7-11-16-19/h4,6-11,13-17,20H,1,5,12H2,2-3H3,(H,23,25,26). The van der Waals surface area contributed by atoms with Crippen molar-refractivity contribution < 1.29 is 14.3 Å². The van der Waals surface area contributed by atoms with Crippen molar-refractivity contribution in [2.24, 2.45) is 0 Å². The van der Waals surface area contributed by atoms with Crippen molar-refractivity contribution in [3.63, 3.8) is 0 Å². The van der Waals surface area contributed by atoms with Crippen LogP contribution in [0.2, 0.25) is 0 Å². The highest BCUT2D eigenvalue weighted by molar-refractivity contribution is 5.91. The maximum Gasteiger partial charge on any atom is 0.415 e. The number of nitrogens with zero attached hydrogens (tertiary/aromatic N) is 1. The number of hydrogen-bond donors (Lipinski definition) is 1. The normalized spacial score (nSPS) is 11.5. The van der Waals surface area contributed by atoms with Crippen molar-refractivity contribution >= 4 is 12.1 Å². The summed E-state index contributed by atoms with van der Waals surface area (Å²) in [7, 11) is 0. The first kappa shape index (κ1) is 20.2. The lowest BCUT2D eigenvalue weighted by Crippen LogP contribution is -2.49. The number of carbonyl (C=O) groups is 2. The first-order valence-corrected chi connectivity index (χ1v) is 9.05. The Morgan fingerprint density at radius 2 is 1.59 bits per heavy atom. The van der Waals surface area contributed by atoms with E-state index in [1.807, 2.05) is 67.6 Å². The highest BCUT2D eigenvalue weighted by Gasteiger charge is 2.31. The van der Waals surface area contributed by atoms with Crippen molar-refractivity contribution in [3.8, 4) is 0 Å². The number of ether oxygens (including phenoxy) is 1. The lowest BCUT2D eigenvalue weighted by atomic mass is 9.95. The molecule has 142 valence electrons. The summed E-state index contributed by atoms with van der Waals surface area (Å²) in [6, 6.07) is 18.5. The van der Waals surface area contributed by atoms with Crippen molar-refractivity contribution in [2.75, 3.05) is 6.61 Å². The molecule has 3 amide bonds. The summed E-state index contributed by atoms with van der Waals surface area (Å²) >= 11 is 0. The molecule has 1 unspecified atom stereocenters. The van der Waals surface area contributed by atoms with Crippen LogP contribution in [0, 0.1) is 0 Å². The number of alkyl carbamates (subject to hydrolysis) is 1. The van der Waals surface area contributed by atoms with Gasteiger partial charge in [0.15, 0.2) is 0 Å². The van der Waals surface area contributed by atoms with Crippen LogP contribution in [0.5, 0.6) is 0 Å². The third-order valence-corrected chi connectivity index (χ3v) is 4.21. The van der Waals surface area contributed by atoms with Gasteiger partial charge in [0.25, 0.3) is 0 Å². The topological polar surface area (TPSA) is 58.6 Å². The number of nitrogens with one attached hydrogen (secondary N) is 1. The van der Waals surface area contributed by atoms with E-state index in [-0.39, 0.29) is 18.7 Å². The monoisotopic (exact) mass is 366 g/mol. The molecule has 0 bridgehead atoms. The van der Waals surface area contributed by atoms with Gasteiger partial charge in [0.1, 0.15) is 0 Å². The zero-order chi connectivity index (χ0) is 19.6. The van der Waals surface area contributed by atoms with Gasteiger partial charge in [-0.1, -0.05) is 66.7 Å². The third kappa shape index (κ3) is 5.45. The van der Waals surface area contributed by atoms with Crippen molar-refractivity contribution in [1.29, 1.82) is 0 Å². The van der Waals surface area contributed by atoms with Gasteiger partial charge >= 0.3 is 12.1 Å². The first-order chi connectivity index (χ1) is 13.1. The van der Waals surface area contributed by atoms with Gasteiger partial charge in [0.2, 0.25) is 0 Å². The molecule has 0 aliphatic carbocycles. The summed E-state index contributed by atoms with van der Waals surface area (Å²) in [5, 5.41) is 2.33. The van der Waals surface area contributed by atoms with Crippen molar-refractivity contribution in [2.45, 2.75) is 32.4 Å². The van der Waals surface area contributed by atoms with Crippen LogP contribution in [0.25, 0.3) is 0 Å². The zero-order valence-electron chi connectivity index (χ0n) is 15.8. The number of rotatable bonds is 7. The molecule has 0 heterocycles. The molecule has 0 spiro atoms. The molecule has 0 aliphatic heterocycles. The number of benzene rings is 2. The SMILES string of the molecule is C=CCC(C)N(C(=O)NC(=O)OCC)C(c1ccccc1)c1ccccc1. The maximum absolute atomic E-state index is 13.0. The number of imide groups is 1. The van der Waals surface area contributed by atoms with Crippen LogP contribution in [0.1, 0.15) is 37.4 Å². The second-order valence-corrected chi connectivity index (χ2v) is 6.16. The summed E-state index contributed by atoms with van der Waals surface area (Å²) in [5.74, 6) is 0. The Bertz CT molecular complexity index is 707. The maximum atomic E-state index is 13.0. The Morgan fingerprint density at radius 1 is 1.07 bits per heavy atom. The Labute approximate surface area is 160 Å². The first-order valence-electron chi connectivity index (χ1n) is 9.05. The molecule has 0 saturated carbocycles. The molecule has 1 N–H and O–H groups in total. The van der Waals surface area contributed by atoms with E-state index in [0.717, 1.165) is 11.1 Å². The minimum Gasteiger partial charge on any atom is -0.450 e. The molecule has 2 aromatic carbocycles. The summed E-state index contributed by atoms with van der Waals surface area (Å²) in [6.45, 7) is 7.61. The van der Waals surface area contributed by atoms with E-state index in [4.69, 9.17) is 4.74 Å². The van der Waals surface area contributed by atoms with Crippen LogP contribution in [0.4, 0.5) is 9.59 Å². The molecule has 0 aliphatic rings. The van der Waals surface area contributed by atoms with Gasteiger partial charge in [-0.05, 0) is 31.4 Å². The quantitative estimate of drug-likeness (QED) is 0.709. The fraction of sp³-hybridized carbons (Fsp3) is 0.273. The zero-order valence-corrected chi connectivity index (χ0v) is 15.8. The largest absolute Gasteiger partial charge is 0.450 e. The fourth-order valence-electron chi connectivity index (χ4n) is 3.03. The molecule has 2 rings (SSSR count). The van der Waals surface area contributed by atoms with E-state index >= 15 is 0 Å². The van der Waals surface area contributed by atoms with E-state index in [9.17, 15) is 9.59 Å². The molecule has 5 nitrogen and oxygen atoms in total.